The molecule has 14 rings (SSSR count). The first-order valence-corrected chi connectivity index (χ1v) is 27.8. The van der Waals surface area contributed by atoms with E-state index in [9.17, 15) is 4.79 Å². The predicted molar refractivity (Wildman–Crippen MR) is 282 cm³/mol. The Balaban J connectivity index is 0.959. The number of benzene rings is 2. The van der Waals surface area contributed by atoms with Crippen LogP contribution in [0.2, 0.25) is 0 Å². The van der Waals surface area contributed by atoms with E-state index in [0.29, 0.717) is 35.5 Å². The van der Waals surface area contributed by atoms with Crippen molar-refractivity contribution in [2.75, 3.05) is 41.7 Å². The number of nitrogens with zero attached hydrogens (tertiary/aromatic N) is 3. The topological polar surface area (TPSA) is 137 Å². The first-order chi connectivity index (χ1) is 33.7. The van der Waals surface area contributed by atoms with Gasteiger partial charge in [-0.3, -0.25) is 14.5 Å². The highest BCUT2D eigenvalue weighted by molar-refractivity contribution is 7.10. The molecule has 2 aromatic carbocycles. The largest absolute Gasteiger partial charge is 0.370 e. The maximum Gasteiger partial charge on any atom is 0.239 e. The van der Waals surface area contributed by atoms with Gasteiger partial charge in [-0.15, -0.1) is 11.3 Å². The fourth-order valence-electron chi connectivity index (χ4n) is 16.4. The normalized spacial score (nSPS) is 28.3. The van der Waals surface area contributed by atoms with Crippen LogP contribution in [-0.4, -0.2) is 48.0 Å². The summed E-state index contributed by atoms with van der Waals surface area (Å²) < 4.78 is 0. The van der Waals surface area contributed by atoms with Crippen LogP contribution in [-0.2, 0) is 22.7 Å². The van der Waals surface area contributed by atoms with E-state index in [0.717, 1.165) is 123 Å². The molecule has 6 N–H and O–H groups in total. The maximum absolute atomic E-state index is 17.6. The molecular weight excluding hydrogens is 893 g/mol. The van der Waals surface area contributed by atoms with Crippen LogP contribution >= 0.6 is 22.7 Å². The molecule has 2 amide bonds. The average molecular weight is 961 g/mol. The van der Waals surface area contributed by atoms with Crippen LogP contribution < -0.4 is 31.9 Å². The van der Waals surface area contributed by atoms with Crippen LogP contribution in [0, 0.1) is 58.7 Å². The maximum atomic E-state index is 17.6. The van der Waals surface area contributed by atoms with Gasteiger partial charge in [0.05, 0.1) is 27.8 Å². The van der Waals surface area contributed by atoms with E-state index in [1.54, 1.807) is 22.7 Å². The summed E-state index contributed by atoms with van der Waals surface area (Å²) in [6.07, 6.45) is 13.8. The molecule has 12 heteroatoms. The van der Waals surface area contributed by atoms with Crippen molar-refractivity contribution in [2.24, 2.45) is 57.5 Å². The number of carbonyl (C=O) groups is 2. The zero-order chi connectivity index (χ0) is 46.7. The third-order valence-corrected chi connectivity index (χ3v) is 19.9. The second kappa shape index (κ2) is 18.4. The molecule has 360 valence electrons. The Bertz CT molecular complexity index is 2740. The summed E-state index contributed by atoms with van der Waals surface area (Å²) in [5.74, 6) is 4.93. The highest BCUT2D eigenvalue weighted by Gasteiger charge is 2.74. The number of aryl methyl sites for hydroxylation is 1. The Hall–Kier alpha value is -4.88. The van der Waals surface area contributed by atoms with Crippen LogP contribution in [0.5, 0.6) is 0 Å². The number of hydrogen-bond donors (Lipinski definition) is 5. The van der Waals surface area contributed by atoms with E-state index < -0.39 is 5.41 Å². The molecule has 4 aromatic heterocycles. The zero-order valence-corrected chi connectivity index (χ0v) is 41.7. The molecule has 0 spiro atoms. The minimum absolute atomic E-state index is 0.0818. The molecule has 8 bridgehead atoms. The van der Waals surface area contributed by atoms with Crippen LogP contribution in [0.25, 0.3) is 21.8 Å². The van der Waals surface area contributed by atoms with Gasteiger partial charge in [0.1, 0.15) is 11.6 Å². The van der Waals surface area contributed by atoms with Crippen molar-refractivity contribution in [3.8, 4) is 0 Å². The molecule has 0 radical (unpaired) electrons. The molecule has 8 saturated carbocycles. The third-order valence-electron chi connectivity index (χ3n) is 18.2. The van der Waals surface area contributed by atoms with Gasteiger partial charge in [-0.1, -0.05) is 12.1 Å². The number of nitrogens with two attached hydrogens (primary N) is 1. The molecule has 8 aliphatic carbocycles. The zero-order valence-electron chi connectivity index (χ0n) is 40.1. The van der Waals surface area contributed by atoms with Crippen LogP contribution in [0.4, 0.5) is 23.0 Å². The van der Waals surface area contributed by atoms with E-state index in [-0.39, 0.29) is 29.1 Å². The average Bonchev–Trinajstić information content (AvgIpc) is 4.01. The number of amides is 2. The molecule has 0 saturated heterocycles. The lowest BCUT2D eigenvalue weighted by Crippen LogP contribution is -2.70. The van der Waals surface area contributed by atoms with Gasteiger partial charge in [-0.25, -0.2) is 9.97 Å². The second-order valence-corrected chi connectivity index (χ2v) is 24.3. The molecule has 0 atom stereocenters. The van der Waals surface area contributed by atoms with E-state index >= 15 is 4.79 Å². The van der Waals surface area contributed by atoms with Gasteiger partial charge < -0.3 is 27.0 Å². The van der Waals surface area contributed by atoms with Crippen molar-refractivity contribution in [1.29, 1.82) is 0 Å². The third kappa shape index (κ3) is 8.24. The van der Waals surface area contributed by atoms with Crippen molar-refractivity contribution in [1.82, 2.24) is 20.6 Å². The number of aromatic nitrogens is 2. The second-order valence-electron chi connectivity index (χ2n) is 22.5. The van der Waals surface area contributed by atoms with Gasteiger partial charge >= 0.3 is 0 Å². The molecule has 6 aromatic rings. The SMILES string of the molecule is Cc1ccsc1CNCCNc1ccc2c(N(C(=O)C(CC(N)=O)(C34CC5CC(CC(C5)C3)C4)C34CC5CC(CC(C5)C3)C4)c3cccc4nc(NCCNCc5ccsc5)ccc34)cccc2n1. The highest BCUT2D eigenvalue weighted by Crippen LogP contribution is 2.77. The number of pyridine rings is 2. The monoisotopic (exact) mass is 960 g/mol. The van der Waals surface area contributed by atoms with Crippen molar-refractivity contribution in [2.45, 2.75) is 103 Å². The summed E-state index contributed by atoms with van der Waals surface area (Å²) in [6, 6.07) is 25.2. The van der Waals surface area contributed by atoms with E-state index in [1.807, 2.05) is 0 Å². The van der Waals surface area contributed by atoms with Gasteiger partial charge in [0.25, 0.3) is 0 Å². The highest BCUT2D eigenvalue weighted by atomic mass is 32.1. The molecular formula is C57H68N8O2S2. The molecule has 8 aliphatic rings. The van der Waals surface area contributed by atoms with E-state index in [4.69, 9.17) is 15.7 Å². The molecule has 10 nitrogen and oxygen atoms in total. The molecule has 0 unspecified atom stereocenters. The van der Waals surface area contributed by atoms with Gasteiger partial charge in [0.15, 0.2) is 0 Å². The Kier molecular flexibility index (Phi) is 12.1. The van der Waals surface area contributed by atoms with Gasteiger partial charge in [0.2, 0.25) is 11.8 Å². The lowest BCUT2D eigenvalue weighted by molar-refractivity contribution is -0.226. The van der Waals surface area contributed by atoms with Crippen molar-refractivity contribution >= 4 is 79.3 Å². The van der Waals surface area contributed by atoms with Crippen LogP contribution in [0.3, 0.4) is 0 Å². The summed E-state index contributed by atoms with van der Waals surface area (Å²) in [4.78, 5) is 45.7. The van der Waals surface area contributed by atoms with E-state index in [2.05, 4.69) is 122 Å². The first kappa shape index (κ1) is 45.3. The summed E-state index contributed by atoms with van der Waals surface area (Å²) in [5, 5.41) is 22.5. The minimum atomic E-state index is -0.962. The summed E-state index contributed by atoms with van der Waals surface area (Å²) in [7, 11) is 0. The molecule has 8 fully saturated rings. The van der Waals surface area contributed by atoms with Gasteiger partial charge in [-0.05, 0) is 218 Å². The first-order valence-electron chi connectivity index (χ1n) is 26.0. The Labute approximate surface area is 415 Å². The minimum Gasteiger partial charge on any atom is -0.370 e. The Morgan fingerprint density at radius 3 is 1.61 bits per heavy atom. The number of anilines is 4. The van der Waals surface area contributed by atoms with Gasteiger partial charge in [-0.2, -0.15) is 11.3 Å². The van der Waals surface area contributed by atoms with E-state index in [1.165, 1.54) is 54.5 Å². The lowest BCUT2D eigenvalue weighted by atomic mass is 9.32. The predicted octanol–water partition coefficient (Wildman–Crippen LogP) is 11.6. The Morgan fingerprint density at radius 2 is 1.16 bits per heavy atom. The smallest absolute Gasteiger partial charge is 0.239 e. The number of hydrogen-bond acceptors (Lipinski definition) is 10. The van der Waals surface area contributed by atoms with Crippen molar-refractivity contribution < 1.29 is 9.59 Å². The summed E-state index contributed by atoms with van der Waals surface area (Å²) in [5.41, 5.74) is 11.0. The number of fused-ring (bicyclic) bond motifs is 2. The Morgan fingerprint density at radius 1 is 0.652 bits per heavy atom. The molecule has 4 heterocycles. The number of carbonyl (C=O) groups excluding carboxylic acids is 2. The molecule has 0 aliphatic heterocycles. The number of rotatable bonds is 19. The number of thiophene rings is 2. The fraction of sp³-hybridized carbons (Fsp3) is 0.509. The van der Waals surface area contributed by atoms with Crippen molar-refractivity contribution in [3.63, 3.8) is 0 Å². The standard InChI is InChI=1S/C57H68N8O2S2/c1-36-12-19-69-50(36)34-60-15-17-62-53-11-9-45-47(64-53)5-3-7-49(45)65(48-6-2-4-46-44(48)8-10-52(63-46)61-16-14-59-33-37-13-18-68-35-37)54(67)57(32-51(58)66,55-26-38-20-39(27-55)22-40(21-38)28-55)56-29-41-23-42(30-56)25-43(24-41)31-56/h2-13,18-19,35,38-43,59-60H,14-17,20-34H2,1H3,(H2,58,66)(H,61,63)(H,62,64). The van der Waals surface area contributed by atoms with Crippen LogP contribution in [0.1, 0.15) is 99.5 Å². The summed E-state index contributed by atoms with van der Waals surface area (Å²) in [6.45, 7) is 6.90. The molecule has 69 heavy (non-hydrogen) atoms. The lowest BCUT2D eigenvalue weighted by Gasteiger charge is -2.72. The fourth-order valence-corrected chi connectivity index (χ4v) is 17.9. The van der Waals surface area contributed by atoms with Gasteiger partial charge in [0, 0.05) is 61.3 Å². The number of primary amides is 1. The van der Waals surface area contributed by atoms with Crippen molar-refractivity contribution in [3.05, 3.63) is 105 Å². The quantitative estimate of drug-likeness (QED) is 0.0506. The number of nitrogens with one attached hydrogen (secondary N) is 4. The van der Waals surface area contributed by atoms with Crippen LogP contribution in [0.15, 0.2) is 88.9 Å². The summed E-state index contributed by atoms with van der Waals surface area (Å²) >= 11 is 3.51.